The van der Waals surface area contributed by atoms with Gasteiger partial charge in [0, 0.05) is 6.07 Å². The van der Waals surface area contributed by atoms with Crippen molar-refractivity contribution in [2.45, 2.75) is 6.61 Å². The minimum absolute atomic E-state index is 0.148. The van der Waals surface area contributed by atoms with Crippen LogP contribution in [0.4, 0.5) is 0 Å². The number of carbonyl (C=O) groups is 3. The number of ether oxygens (including phenoxy) is 4. The van der Waals surface area contributed by atoms with Crippen LogP contribution >= 0.6 is 0 Å². The van der Waals surface area contributed by atoms with Crippen molar-refractivity contribution in [3.05, 3.63) is 101 Å². The van der Waals surface area contributed by atoms with E-state index in [9.17, 15) is 14.4 Å². The number of benzene rings is 3. The largest absolute Gasteiger partial charge is 0.482 e. The molecule has 0 fully saturated rings. The van der Waals surface area contributed by atoms with Crippen LogP contribution in [0, 0.1) is 0 Å². The maximum absolute atomic E-state index is 12.6. The summed E-state index contributed by atoms with van der Waals surface area (Å²) in [4.78, 5) is 36.1. The summed E-state index contributed by atoms with van der Waals surface area (Å²) in [5.41, 5.74) is 2.38. The topological polar surface area (TPSA) is 88.1 Å². The number of carbonyl (C=O) groups excluding carboxylic acids is 3. The zero-order chi connectivity index (χ0) is 23.2. The van der Waals surface area contributed by atoms with Crippen LogP contribution in [0.25, 0.3) is 6.08 Å². The Balaban J connectivity index is 1.36. The van der Waals surface area contributed by atoms with Gasteiger partial charge >= 0.3 is 11.9 Å². The molecule has 0 atom stereocenters. The van der Waals surface area contributed by atoms with Gasteiger partial charge in [-0.1, -0.05) is 42.5 Å². The molecule has 0 N–H and O–H groups in total. The Bertz CT molecular complexity index is 1210. The number of methoxy groups -OCH3 is 1. The fourth-order valence-electron chi connectivity index (χ4n) is 3.16. The molecule has 0 bridgehead atoms. The average molecular weight is 444 g/mol. The number of esters is 2. The smallest absolute Gasteiger partial charge is 0.344 e. The van der Waals surface area contributed by atoms with Crippen LogP contribution in [0.1, 0.15) is 31.8 Å². The van der Waals surface area contributed by atoms with Crippen LogP contribution in [0.2, 0.25) is 0 Å². The Labute approximate surface area is 190 Å². The fraction of sp³-hybridized carbons (Fsp3) is 0.115. The van der Waals surface area contributed by atoms with E-state index in [0.717, 1.165) is 5.56 Å². The predicted octanol–water partition coefficient (Wildman–Crippen LogP) is 4.21. The highest BCUT2D eigenvalue weighted by Crippen LogP contribution is 2.35. The van der Waals surface area contributed by atoms with Gasteiger partial charge in [-0.15, -0.1) is 0 Å². The first-order valence-corrected chi connectivity index (χ1v) is 10.1. The number of hydrogen-bond donors (Lipinski definition) is 0. The van der Waals surface area contributed by atoms with Crippen molar-refractivity contribution >= 4 is 23.8 Å². The van der Waals surface area contributed by atoms with Crippen molar-refractivity contribution < 1.29 is 33.3 Å². The summed E-state index contributed by atoms with van der Waals surface area (Å²) in [6, 6.07) is 20.7. The van der Waals surface area contributed by atoms with E-state index in [0.29, 0.717) is 28.2 Å². The first-order chi connectivity index (χ1) is 16.0. The van der Waals surface area contributed by atoms with E-state index in [1.807, 2.05) is 30.3 Å². The number of allylic oxidation sites excluding steroid dienone is 1. The molecule has 1 aliphatic heterocycles. The molecular weight excluding hydrogens is 424 g/mol. The van der Waals surface area contributed by atoms with Crippen molar-refractivity contribution in [2.24, 2.45) is 0 Å². The Morgan fingerprint density at radius 2 is 1.73 bits per heavy atom. The van der Waals surface area contributed by atoms with Gasteiger partial charge in [0.05, 0.1) is 18.2 Å². The number of fused-ring (bicyclic) bond motifs is 1. The second kappa shape index (κ2) is 9.82. The van der Waals surface area contributed by atoms with E-state index in [-0.39, 0.29) is 24.8 Å². The van der Waals surface area contributed by atoms with Gasteiger partial charge in [-0.2, -0.15) is 0 Å². The van der Waals surface area contributed by atoms with E-state index in [4.69, 9.17) is 14.2 Å². The molecule has 0 unspecified atom stereocenters. The molecule has 0 saturated heterocycles. The zero-order valence-corrected chi connectivity index (χ0v) is 17.8. The van der Waals surface area contributed by atoms with E-state index >= 15 is 0 Å². The van der Waals surface area contributed by atoms with Crippen molar-refractivity contribution in [1.29, 1.82) is 0 Å². The lowest BCUT2D eigenvalue weighted by Crippen LogP contribution is -2.14. The highest BCUT2D eigenvalue weighted by Gasteiger charge is 2.27. The summed E-state index contributed by atoms with van der Waals surface area (Å²) in [5, 5.41) is 0. The first-order valence-electron chi connectivity index (χ1n) is 10.1. The third-order valence-corrected chi connectivity index (χ3v) is 4.87. The molecule has 0 amide bonds. The lowest BCUT2D eigenvalue weighted by Gasteiger charge is -2.08. The molecule has 1 heterocycles. The van der Waals surface area contributed by atoms with Crippen molar-refractivity contribution in [1.82, 2.24) is 0 Å². The van der Waals surface area contributed by atoms with E-state index in [2.05, 4.69) is 4.74 Å². The summed E-state index contributed by atoms with van der Waals surface area (Å²) in [5.74, 6) is -0.348. The number of Topliss-reactive ketones (excluding diaryl/α,β-unsaturated/α-hetero) is 1. The zero-order valence-electron chi connectivity index (χ0n) is 17.8. The molecule has 0 radical (unpaired) electrons. The first kappa shape index (κ1) is 21.8. The molecule has 7 nitrogen and oxygen atoms in total. The molecule has 0 aliphatic carbocycles. The lowest BCUT2D eigenvalue weighted by molar-refractivity contribution is -0.147. The molecule has 166 valence electrons. The van der Waals surface area contributed by atoms with Gasteiger partial charge in [0.25, 0.3) is 0 Å². The monoisotopic (exact) mass is 444 g/mol. The molecule has 33 heavy (non-hydrogen) atoms. The average Bonchev–Trinajstić information content (AvgIpc) is 3.16. The van der Waals surface area contributed by atoms with Crippen LogP contribution in [-0.2, 0) is 20.9 Å². The van der Waals surface area contributed by atoms with Gasteiger partial charge in [0.1, 0.15) is 18.1 Å². The standard InChI is InChI=1S/C26H20O7/c1-30-26(29)19-9-7-17(8-10-19)13-23-25(28)21-12-11-20(14-22(21)33-23)31-16-24(27)32-15-18-5-3-2-4-6-18/h2-14H,15-16H2,1H3/b23-13-. The van der Waals surface area contributed by atoms with Gasteiger partial charge in [-0.3, -0.25) is 4.79 Å². The predicted molar refractivity (Wildman–Crippen MR) is 119 cm³/mol. The molecule has 4 rings (SSSR count). The summed E-state index contributed by atoms with van der Waals surface area (Å²) in [6.07, 6.45) is 1.59. The Kier molecular flexibility index (Phi) is 6.50. The minimum atomic E-state index is -0.507. The van der Waals surface area contributed by atoms with Crippen LogP contribution < -0.4 is 9.47 Å². The van der Waals surface area contributed by atoms with Crippen molar-refractivity contribution in [3.63, 3.8) is 0 Å². The second-order valence-electron chi connectivity index (χ2n) is 7.15. The maximum Gasteiger partial charge on any atom is 0.344 e. The summed E-state index contributed by atoms with van der Waals surface area (Å²) >= 11 is 0. The Morgan fingerprint density at radius 3 is 2.45 bits per heavy atom. The van der Waals surface area contributed by atoms with Gasteiger partial charge in [-0.25, -0.2) is 9.59 Å². The molecule has 0 saturated carbocycles. The Hall–Kier alpha value is -4.39. The molecule has 0 spiro atoms. The van der Waals surface area contributed by atoms with Gasteiger partial charge in [-0.05, 0) is 41.5 Å². The van der Waals surface area contributed by atoms with Gasteiger partial charge < -0.3 is 18.9 Å². The SMILES string of the molecule is COC(=O)c1ccc(/C=C2\Oc3cc(OCC(=O)OCc4ccccc4)ccc3C2=O)cc1. The quantitative estimate of drug-likeness (QED) is 0.398. The van der Waals surface area contributed by atoms with Gasteiger partial charge in [0.2, 0.25) is 5.78 Å². The Morgan fingerprint density at radius 1 is 0.970 bits per heavy atom. The van der Waals surface area contributed by atoms with E-state index in [1.54, 1.807) is 48.5 Å². The molecule has 7 heteroatoms. The molecule has 3 aromatic rings. The van der Waals surface area contributed by atoms with E-state index < -0.39 is 11.9 Å². The number of hydrogen-bond acceptors (Lipinski definition) is 7. The van der Waals surface area contributed by atoms with Crippen LogP contribution in [0.3, 0.4) is 0 Å². The maximum atomic E-state index is 12.6. The normalized spacial score (nSPS) is 13.2. The summed E-state index contributed by atoms with van der Waals surface area (Å²) < 4.78 is 21.0. The van der Waals surface area contributed by atoms with Crippen LogP contribution in [0.5, 0.6) is 11.5 Å². The molecule has 3 aromatic carbocycles. The highest BCUT2D eigenvalue weighted by molar-refractivity contribution is 6.14. The minimum Gasteiger partial charge on any atom is -0.482 e. The number of rotatable bonds is 7. The lowest BCUT2D eigenvalue weighted by atomic mass is 10.1. The van der Waals surface area contributed by atoms with Crippen LogP contribution in [-0.4, -0.2) is 31.4 Å². The van der Waals surface area contributed by atoms with Crippen molar-refractivity contribution in [2.75, 3.05) is 13.7 Å². The molecule has 0 aromatic heterocycles. The molecule has 1 aliphatic rings. The van der Waals surface area contributed by atoms with Gasteiger partial charge in [0.15, 0.2) is 12.4 Å². The third-order valence-electron chi connectivity index (χ3n) is 4.87. The summed E-state index contributed by atoms with van der Waals surface area (Å²) in [6.45, 7) is -0.103. The highest BCUT2D eigenvalue weighted by atomic mass is 16.6. The van der Waals surface area contributed by atoms with Crippen LogP contribution in [0.15, 0.2) is 78.6 Å². The molecular formula is C26H20O7. The van der Waals surface area contributed by atoms with Crippen molar-refractivity contribution in [3.8, 4) is 11.5 Å². The second-order valence-corrected chi connectivity index (χ2v) is 7.15. The van der Waals surface area contributed by atoms with E-state index in [1.165, 1.54) is 7.11 Å². The fourth-order valence-corrected chi connectivity index (χ4v) is 3.16. The number of ketones is 1. The summed E-state index contributed by atoms with van der Waals surface area (Å²) in [7, 11) is 1.31. The third kappa shape index (κ3) is 5.27.